The first-order chi connectivity index (χ1) is 9.86. The molecular weight excluding hydrogens is 252 g/mol. The van der Waals surface area contributed by atoms with Gasteiger partial charge in [-0.3, -0.25) is 9.88 Å². The summed E-state index contributed by atoms with van der Waals surface area (Å²) in [5.74, 6) is 0. The Morgan fingerprint density at radius 3 is 3.00 bits per heavy atom. The normalized spacial score (nSPS) is 30.9. The van der Waals surface area contributed by atoms with Crippen LogP contribution in [0.4, 0.5) is 0 Å². The number of hydrogen-bond donors (Lipinski definition) is 0. The molecule has 0 amide bonds. The number of methoxy groups -OCH3 is 1. The van der Waals surface area contributed by atoms with Gasteiger partial charge in [-0.15, -0.1) is 0 Å². The van der Waals surface area contributed by atoms with Crippen LogP contribution >= 0.6 is 0 Å². The van der Waals surface area contributed by atoms with Crippen LogP contribution in [-0.2, 0) is 15.9 Å². The predicted molar refractivity (Wildman–Crippen MR) is 77.7 cm³/mol. The van der Waals surface area contributed by atoms with Crippen molar-refractivity contribution in [3.63, 3.8) is 0 Å². The minimum absolute atomic E-state index is 0.404. The van der Waals surface area contributed by atoms with E-state index < -0.39 is 0 Å². The second kappa shape index (κ2) is 6.66. The van der Waals surface area contributed by atoms with Gasteiger partial charge in [0, 0.05) is 38.6 Å². The number of aromatic nitrogens is 1. The minimum atomic E-state index is 0.404. The number of morpholine rings is 1. The van der Waals surface area contributed by atoms with E-state index in [0.717, 1.165) is 45.4 Å². The lowest BCUT2D eigenvalue weighted by Crippen LogP contribution is -2.55. The Balaban J connectivity index is 1.59. The Labute approximate surface area is 121 Å². The summed E-state index contributed by atoms with van der Waals surface area (Å²) in [6.45, 7) is 3.02. The number of rotatable bonds is 4. The Morgan fingerprint density at radius 2 is 2.20 bits per heavy atom. The highest BCUT2D eigenvalue weighted by Gasteiger charge is 2.37. The lowest BCUT2D eigenvalue weighted by atomic mass is 9.88. The lowest BCUT2D eigenvalue weighted by Gasteiger charge is -2.45. The van der Waals surface area contributed by atoms with Gasteiger partial charge in [0.15, 0.2) is 0 Å². The summed E-state index contributed by atoms with van der Waals surface area (Å²) in [5, 5.41) is 0. The van der Waals surface area contributed by atoms with E-state index in [2.05, 4.69) is 22.0 Å². The van der Waals surface area contributed by atoms with Gasteiger partial charge in [-0.25, -0.2) is 0 Å². The number of nitrogens with zero attached hydrogens (tertiary/aromatic N) is 2. The third-order valence-electron chi connectivity index (χ3n) is 4.66. The molecule has 2 aliphatic rings. The summed E-state index contributed by atoms with van der Waals surface area (Å²) in [4.78, 5) is 6.67. The van der Waals surface area contributed by atoms with Gasteiger partial charge in [0.05, 0.1) is 18.8 Å². The van der Waals surface area contributed by atoms with Crippen molar-refractivity contribution in [2.45, 2.75) is 43.9 Å². The van der Waals surface area contributed by atoms with E-state index in [9.17, 15) is 0 Å². The average molecular weight is 276 g/mol. The lowest BCUT2D eigenvalue weighted by molar-refractivity contribution is -0.113. The summed E-state index contributed by atoms with van der Waals surface area (Å²) >= 11 is 0. The summed E-state index contributed by atoms with van der Waals surface area (Å²) in [5.41, 5.74) is 1.36. The Kier molecular flexibility index (Phi) is 4.65. The SMILES string of the molecule is CO[C@@H]1CC[C@H]2OCCN(CCc3ccncc3)[C@H]2C1. The van der Waals surface area contributed by atoms with Crippen LogP contribution in [0, 0.1) is 0 Å². The fourth-order valence-corrected chi connectivity index (χ4v) is 3.46. The number of fused-ring (bicyclic) bond motifs is 1. The molecule has 3 atom stereocenters. The molecule has 4 nitrogen and oxygen atoms in total. The molecule has 1 saturated carbocycles. The minimum Gasteiger partial charge on any atom is -0.381 e. The van der Waals surface area contributed by atoms with Gasteiger partial charge in [0.2, 0.25) is 0 Å². The molecule has 4 heteroatoms. The van der Waals surface area contributed by atoms with E-state index >= 15 is 0 Å². The van der Waals surface area contributed by atoms with Crippen molar-refractivity contribution < 1.29 is 9.47 Å². The smallest absolute Gasteiger partial charge is 0.0732 e. The molecular formula is C16H24N2O2. The van der Waals surface area contributed by atoms with Crippen molar-refractivity contribution in [3.05, 3.63) is 30.1 Å². The third-order valence-corrected chi connectivity index (χ3v) is 4.66. The standard InChI is InChI=1S/C16H24N2O2/c1-19-14-2-3-16-15(12-14)18(10-11-20-16)9-6-13-4-7-17-8-5-13/h4-5,7-8,14-16H,2-3,6,9-12H2,1H3/t14-,15+,16-/m1/s1. The highest BCUT2D eigenvalue weighted by Crippen LogP contribution is 2.30. The van der Waals surface area contributed by atoms with Gasteiger partial charge in [-0.1, -0.05) is 0 Å². The monoisotopic (exact) mass is 276 g/mol. The number of ether oxygens (including phenoxy) is 2. The van der Waals surface area contributed by atoms with E-state index in [1.54, 1.807) is 0 Å². The molecule has 1 saturated heterocycles. The Bertz CT molecular complexity index is 412. The molecule has 0 aromatic carbocycles. The molecule has 2 heterocycles. The first-order valence-electron chi connectivity index (χ1n) is 7.64. The molecule has 0 N–H and O–H groups in total. The quantitative estimate of drug-likeness (QED) is 0.841. The van der Waals surface area contributed by atoms with Crippen molar-refractivity contribution >= 4 is 0 Å². The van der Waals surface area contributed by atoms with Gasteiger partial charge in [-0.2, -0.15) is 0 Å². The van der Waals surface area contributed by atoms with Crippen molar-refractivity contribution in [1.29, 1.82) is 0 Å². The molecule has 0 spiro atoms. The number of hydrogen-bond acceptors (Lipinski definition) is 4. The zero-order chi connectivity index (χ0) is 13.8. The van der Waals surface area contributed by atoms with Crippen molar-refractivity contribution in [2.75, 3.05) is 26.8 Å². The van der Waals surface area contributed by atoms with E-state index in [0.29, 0.717) is 18.2 Å². The van der Waals surface area contributed by atoms with E-state index in [1.165, 1.54) is 5.56 Å². The van der Waals surface area contributed by atoms with Gasteiger partial charge in [-0.05, 0) is 43.4 Å². The molecule has 1 aromatic heterocycles. The largest absolute Gasteiger partial charge is 0.381 e. The number of pyridine rings is 1. The van der Waals surface area contributed by atoms with Crippen LogP contribution in [0.5, 0.6) is 0 Å². The highest BCUT2D eigenvalue weighted by atomic mass is 16.5. The molecule has 3 rings (SSSR count). The Hall–Kier alpha value is -0.970. The third kappa shape index (κ3) is 3.19. The molecule has 1 aliphatic heterocycles. The van der Waals surface area contributed by atoms with Crippen LogP contribution in [-0.4, -0.2) is 54.9 Å². The second-order valence-corrected chi connectivity index (χ2v) is 5.79. The molecule has 2 fully saturated rings. The zero-order valence-corrected chi connectivity index (χ0v) is 12.2. The fourth-order valence-electron chi connectivity index (χ4n) is 3.46. The summed E-state index contributed by atoms with van der Waals surface area (Å²) in [6, 6.07) is 4.75. The Morgan fingerprint density at radius 1 is 1.35 bits per heavy atom. The second-order valence-electron chi connectivity index (χ2n) is 5.79. The topological polar surface area (TPSA) is 34.6 Å². The summed E-state index contributed by atoms with van der Waals surface area (Å²) in [6.07, 6.45) is 9.03. The molecule has 1 aliphatic carbocycles. The highest BCUT2D eigenvalue weighted by molar-refractivity contribution is 5.10. The van der Waals surface area contributed by atoms with Crippen molar-refractivity contribution in [2.24, 2.45) is 0 Å². The maximum Gasteiger partial charge on any atom is 0.0732 e. The first kappa shape index (κ1) is 14.0. The van der Waals surface area contributed by atoms with Gasteiger partial charge in [0.1, 0.15) is 0 Å². The zero-order valence-electron chi connectivity index (χ0n) is 12.2. The molecule has 0 bridgehead atoms. The molecule has 0 unspecified atom stereocenters. The van der Waals surface area contributed by atoms with E-state index in [4.69, 9.17) is 9.47 Å². The molecule has 1 aromatic rings. The van der Waals surface area contributed by atoms with Gasteiger partial charge >= 0.3 is 0 Å². The van der Waals surface area contributed by atoms with Crippen molar-refractivity contribution in [3.8, 4) is 0 Å². The molecule has 110 valence electrons. The summed E-state index contributed by atoms with van der Waals surface area (Å²) in [7, 11) is 1.83. The first-order valence-corrected chi connectivity index (χ1v) is 7.64. The summed E-state index contributed by atoms with van der Waals surface area (Å²) < 4.78 is 11.5. The van der Waals surface area contributed by atoms with Gasteiger partial charge in [0.25, 0.3) is 0 Å². The van der Waals surface area contributed by atoms with Gasteiger partial charge < -0.3 is 9.47 Å². The van der Waals surface area contributed by atoms with Crippen LogP contribution in [0.15, 0.2) is 24.5 Å². The predicted octanol–water partition coefficient (Wildman–Crippen LogP) is 1.89. The van der Waals surface area contributed by atoms with Crippen LogP contribution < -0.4 is 0 Å². The molecule has 0 radical (unpaired) electrons. The van der Waals surface area contributed by atoms with Crippen LogP contribution in [0.2, 0.25) is 0 Å². The maximum absolute atomic E-state index is 5.95. The van der Waals surface area contributed by atoms with E-state index in [1.807, 2.05) is 19.5 Å². The van der Waals surface area contributed by atoms with Crippen LogP contribution in [0.1, 0.15) is 24.8 Å². The van der Waals surface area contributed by atoms with E-state index in [-0.39, 0.29) is 0 Å². The van der Waals surface area contributed by atoms with Crippen LogP contribution in [0.25, 0.3) is 0 Å². The van der Waals surface area contributed by atoms with Crippen LogP contribution in [0.3, 0.4) is 0 Å². The maximum atomic E-state index is 5.95. The average Bonchev–Trinajstić information content (AvgIpc) is 2.53. The van der Waals surface area contributed by atoms with Crippen molar-refractivity contribution in [1.82, 2.24) is 9.88 Å². The fraction of sp³-hybridized carbons (Fsp3) is 0.688. The molecule has 20 heavy (non-hydrogen) atoms.